The fourth-order valence-corrected chi connectivity index (χ4v) is 4.57. The molecule has 0 fully saturated rings. The van der Waals surface area contributed by atoms with Gasteiger partial charge in [0.25, 0.3) is 0 Å². The zero-order valence-corrected chi connectivity index (χ0v) is 30.8. The topological polar surface area (TPSA) is 46.2 Å². The fraction of sp³-hybridized carbons (Fsp3) is 0.409. The van der Waals surface area contributed by atoms with Crippen molar-refractivity contribution in [2.75, 3.05) is 0 Å². The van der Waals surface area contributed by atoms with Gasteiger partial charge in [-0.15, -0.1) is 0 Å². The van der Waals surface area contributed by atoms with Gasteiger partial charge in [-0.25, -0.2) is 13.2 Å². The van der Waals surface area contributed by atoms with Crippen LogP contribution >= 0.6 is 0 Å². The molecule has 50 heavy (non-hydrogen) atoms. The van der Waals surface area contributed by atoms with E-state index in [-0.39, 0.29) is 54.3 Å². The predicted molar refractivity (Wildman–Crippen MR) is 205 cm³/mol. The summed E-state index contributed by atoms with van der Waals surface area (Å²) >= 11 is 0. The third-order valence-corrected chi connectivity index (χ3v) is 7.29. The van der Waals surface area contributed by atoms with Crippen molar-refractivity contribution < 1.29 is 22.8 Å². The molecule has 0 aliphatic heterocycles. The highest BCUT2D eigenvalue weighted by atomic mass is 19.1. The number of hydrogen-bond donors (Lipinski definition) is 1. The molecule has 4 aromatic carbocycles. The maximum atomic E-state index is 13.2. The van der Waals surface area contributed by atoms with Gasteiger partial charge in [0.2, 0.25) is 5.91 Å². The highest BCUT2D eigenvalue weighted by Gasteiger charge is 2.19. The summed E-state index contributed by atoms with van der Waals surface area (Å²) in [5, 5.41) is 2.90. The van der Waals surface area contributed by atoms with Gasteiger partial charge in [0, 0.05) is 24.2 Å². The van der Waals surface area contributed by atoms with Gasteiger partial charge in [-0.3, -0.25) is 9.59 Å². The van der Waals surface area contributed by atoms with Gasteiger partial charge in [0.1, 0.15) is 23.2 Å². The molecule has 0 heterocycles. The Kier molecular flexibility index (Phi) is 22.8. The zero-order chi connectivity index (χ0) is 36.9. The molecular weight excluding hydrogens is 631 g/mol. The van der Waals surface area contributed by atoms with Crippen LogP contribution in [0.1, 0.15) is 128 Å². The van der Waals surface area contributed by atoms with Crippen LogP contribution in [0.3, 0.4) is 0 Å². The van der Waals surface area contributed by atoms with Gasteiger partial charge in [-0.1, -0.05) is 142 Å². The van der Waals surface area contributed by atoms with Crippen LogP contribution in [0.5, 0.6) is 0 Å². The number of rotatable bonds is 10. The summed E-state index contributed by atoms with van der Waals surface area (Å²) in [6, 6.07) is 26.4. The van der Waals surface area contributed by atoms with E-state index in [2.05, 4.69) is 64.2 Å². The molecule has 1 atom stereocenters. The molecule has 0 saturated carbocycles. The second kappa shape index (κ2) is 24.9. The van der Waals surface area contributed by atoms with E-state index in [1.807, 2.05) is 26.0 Å². The molecule has 0 saturated heterocycles. The van der Waals surface area contributed by atoms with Crippen LogP contribution < -0.4 is 5.32 Å². The van der Waals surface area contributed by atoms with Crippen LogP contribution in [0.15, 0.2) is 97.1 Å². The number of amides is 1. The molecule has 1 amide bonds. The lowest BCUT2D eigenvalue weighted by Gasteiger charge is -2.21. The lowest BCUT2D eigenvalue weighted by molar-refractivity contribution is -0.124. The number of hydrogen-bond acceptors (Lipinski definition) is 2. The summed E-state index contributed by atoms with van der Waals surface area (Å²) in [6.07, 6.45) is 3.80. The standard InChI is InChI=1S/C20H23FO.C17H17F2NO.2C3H8.CH4/c1-14(2)20(22)13-12-19(16-6-4-15(3)5-7-16)17-8-10-18(21)11-9-17;1-11(2)17(21)20-16(12-3-7-14(18)8-4-12)13-5-9-15(19)10-6-13;2*1-3-2;/h4-11,14,19H,12-13H2,1-3H3;3-11,16H,1-2H3,(H,20,21);2*3H2,1-2H3;1H4. The Hall–Kier alpha value is -4.19. The van der Waals surface area contributed by atoms with Crippen molar-refractivity contribution in [3.8, 4) is 0 Å². The normalized spacial score (nSPS) is 10.8. The molecule has 0 radical (unpaired) electrons. The Morgan fingerprint density at radius 2 is 0.880 bits per heavy atom. The summed E-state index contributed by atoms with van der Waals surface area (Å²) in [5.74, 6) is -0.736. The molecule has 4 aromatic rings. The average Bonchev–Trinajstić information content (AvgIpc) is 3.07. The van der Waals surface area contributed by atoms with E-state index < -0.39 is 6.04 Å². The molecule has 4 rings (SSSR count). The SMILES string of the molecule is C.CC(C)C(=O)NC(c1ccc(F)cc1)c1ccc(F)cc1.CCC.CCC.Cc1ccc(C(CCC(=O)C(C)C)c2ccc(F)cc2)cc1. The van der Waals surface area contributed by atoms with E-state index in [1.165, 1.54) is 60.4 Å². The number of carbonyl (C=O) groups excluding carboxylic acids is 2. The van der Waals surface area contributed by atoms with Gasteiger partial charge >= 0.3 is 0 Å². The van der Waals surface area contributed by atoms with E-state index in [4.69, 9.17) is 0 Å². The number of benzene rings is 4. The Balaban J connectivity index is 0.000000816. The van der Waals surface area contributed by atoms with Crippen LogP contribution in [-0.4, -0.2) is 11.7 Å². The molecule has 0 aromatic heterocycles. The Labute approximate surface area is 300 Å². The minimum atomic E-state index is -0.430. The Bertz CT molecular complexity index is 1390. The lowest BCUT2D eigenvalue weighted by atomic mass is 9.85. The fourth-order valence-electron chi connectivity index (χ4n) is 4.57. The van der Waals surface area contributed by atoms with Crippen molar-refractivity contribution in [3.05, 3.63) is 142 Å². The minimum absolute atomic E-state index is 0. The van der Waals surface area contributed by atoms with Crippen molar-refractivity contribution in [2.24, 2.45) is 11.8 Å². The molecule has 1 unspecified atom stereocenters. The first-order chi connectivity index (χ1) is 23.3. The van der Waals surface area contributed by atoms with Crippen molar-refractivity contribution in [3.63, 3.8) is 0 Å². The van der Waals surface area contributed by atoms with Crippen LogP contribution in [0.4, 0.5) is 13.2 Å². The van der Waals surface area contributed by atoms with Crippen molar-refractivity contribution >= 4 is 11.7 Å². The highest BCUT2D eigenvalue weighted by Crippen LogP contribution is 2.30. The maximum absolute atomic E-state index is 13.2. The third kappa shape index (κ3) is 17.0. The summed E-state index contributed by atoms with van der Waals surface area (Å²) in [7, 11) is 0. The Morgan fingerprint density at radius 1 is 0.560 bits per heavy atom. The number of aryl methyl sites for hydroxylation is 1. The third-order valence-electron chi connectivity index (χ3n) is 7.29. The molecule has 0 aliphatic carbocycles. The number of carbonyl (C=O) groups is 2. The van der Waals surface area contributed by atoms with Crippen molar-refractivity contribution in [1.29, 1.82) is 0 Å². The van der Waals surface area contributed by atoms with E-state index in [0.29, 0.717) is 6.42 Å². The number of Topliss-reactive ketones (excluding diaryl/α,β-unsaturated/α-hetero) is 1. The van der Waals surface area contributed by atoms with Gasteiger partial charge < -0.3 is 5.32 Å². The van der Waals surface area contributed by atoms with Crippen LogP contribution in [0.25, 0.3) is 0 Å². The molecule has 3 nitrogen and oxygen atoms in total. The average molecular weight is 692 g/mol. The monoisotopic (exact) mass is 691 g/mol. The van der Waals surface area contributed by atoms with Crippen LogP contribution in [0, 0.1) is 36.2 Å². The zero-order valence-electron chi connectivity index (χ0n) is 30.8. The predicted octanol–water partition coefficient (Wildman–Crippen LogP) is 12.6. The molecule has 1 N–H and O–H groups in total. The van der Waals surface area contributed by atoms with Gasteiger partial charge in [0.05, 0.1) is 6.04 Å². The number of nitrogens with one attached hydrogen (secondary N) is 1. The summed E-state index contributed by atoms with van der Waals surface area (Å²) in [5.41, 5.74) is 4.93. The minimum Gasteiger partial charge on any atom is -0.345 e. The highest BCUT2D eigenvalue weighted by molar-refractivity contribution is 5.80. The van der Waals surface area contributed by atoms with E-state index in [9.17, 15) is 22.8 Å². The molecule has 0 bridgehead atoms. The first-order valence-corrected chi connectivity index (χ1v) is 17.4. The Morgan fingerprint density at radius 3 is 1.20 bits per heavy atom. The molecule has 0 aliphatic rings. The van der Waals surface area contributed by atoms with Gasteiger partial charge in [-0.05, 0) is 72.0 Å². The lowest BCUT2D eigenvalue weighted by Crippen LogP contribution is -2.32. The largest absolute Gasteiger partial charge is 0.345 e. The van der Waals surface area contributed by atoms with Gasteiger partial charge in [-0.2, -0.15) is 0 Å². The van der Waals surface area contributed by atoms with Gasteiger partial charge in [0.15, 0.2) is 0 Å². The second-order valence-corrected chi connectivity index (χ2v) is 12.8. The van der Waals surface area contributed by atoms with Crippen molar-refractivity contribution in [2.45, 2.75) is 107 Å². The van der Waals surface area contributed by atoms with Crippen LogP contribution in [0.2, 0.25) is 0 Å². The van der Waals surface area contributed by atoms with Crippen molar-refractivity contribution in [1.82, 2.24) is 5.32 Å². The maximum Gasteiger partial charge on any atom is 0.223 e. The molecule has 0 spiro atoms. The van der Waals surface area contributed by atoms with Crippen LogP contribution in [-0.2, 0) is 9.59 Å². The van der Waals surface area contributed by atoms with E-state index in [0.717, 1.165) is 23.1 Å². The van der Waals surface area contributed by atoms with E-state index >= 15 is 0 Å². The summed E-state index contributed by atoms with van der Waals surface area (Å²) in [4.78, 5) is 23.9. The second-order valence-electron chi connectivity index (χ2n) is 12.8. The molecule has 6 heteroatoms. The first kappa shape index (κ1) is 45.8. The van der Waals surface area contributed by atoms with E-state index in [1.54, 1.807) is 38.1 Å². The number of halogens is 3. The molecule has 274 valence electrons. The summed E-state index contributed by atoms with van der Waals surface area (Å²) in [6.45, 7) is 18.0. The number of ketones is 1. The quantitative estimate of drug-likeness (QED) is 0.180. The molecular formula is C44H60F3NO2. The summed E-state index contributed by atoms with van der Waals surface area (Å²) < 4.78 is 39.3. The first-order valence-electron chi connectivity index (χ1n) is 17.4. The smallest absolute Gasteiger partial charge is 0.223 e.